The monoisotopic (exact) mass is 454 g/mol. The summed E-state index contributed by atoms with van der Waals surface area (Å²) >= 11 is 0. The van der Waals surface area contributed by atoms with Crippen molar-refractivity contribution < 1.29 is 9.66 Å². The summed E-state index contributed by atoms with van der Waals surface area (Å²) in [6.45, 7) is 2.74. The summed E-state index contributed by atoms with van der Waals surface area (Å²) in [5.41, 5.74) is 2.72. The number of nitrogens with one attached hydrogen (secondary N) is 1. The second kappa shape index (κ2) is 8.97. The molecular formula is C22H23ClN6O3. The Morgan fingerprint density at radius 3 is 2.59 bits per heavy atom. The average Bonchev–Trinajstić information content (AvgIpc) is 3.40. The molecule has 1 aliphatic rings. The number of nitro benzene ring substituents is 1. The van der Waals surface area contributed by atoms with Crippen LogP contribution in [0.1, 0.15) is 12.8 Å². The van der Waals surface area contributed by atoms with Crippen LogP contribution in [0.3, 0.4) is 0 Å². The number of rotatable bonds is 6. The molecular weight excluding hydrogens is 432 g/mol. The molecule has 0 unspecified atom stereocenters. The van der Waals surface area contributed by atoms with E-state index in [1.165, 1.54) is 25.0 Å². The molecule has 0 atom stereocenters. The summed E-state index contributed by atoms with van der Waals surface area (Å²) in [6, 6.07) is 12.3. The van der Waals surface area contributed by atoms with Crippen molar-refractivity contribution in [3.63, 3.8) is 0 Å². The van der Waals surface area contributed by atoms with Gasteiger partial charge in [0.2, 0.25) is 0 Å². The second-order valence-corrected chi connectivity index (χ2v) is 7.72. The number of nitrogens with zero attached hydrogens (tertiary/aromatic N) is 5. The van der Waals surface area contributed by atoms with Crippen LogP contribution in [0.5, 0.6) is 5.75 Å². The summed E-state index contributed by atoms with van der Waals surface area (Å²) in [7, 11) is 1.99. The Morgan fingerprint density at radius 2 is 1.88 bits per heavy atom. The third-order valence-corrected chi connectivity index (χ3v) is 5.74. The highest BCUT2D eigenvalue weighted by Gasteiger charge is 2.16. The van der Waals surface area contributed by atoms with Gasteiger partial charge in [-0.25, -0.2) is 0 Å². The molecule has 0 radical (unpaired) electrons. The van der Waals surface area contributed by atoms with Crippen molar-refractivity contribution in [1.29, 1.82) is 0 Å². The van der Waals surface area contributed by atoms with E-state index in [0.29, 0.717) is 18.2 Å². The first kappa shape index (κ1) is 21.8. The quantitative estimate of drug-likeness (QED) is 0.335. The maximum atomic E-state index is 10.9. The second-order valence-electron chi connectivity index (χ2n) is 7.72. The number of likely N-dealkylation sites (tertiary alicyclic amines) is 1. The van der Waals surface area contributed by atoms with E-state index in [2.05, 4.69) is 25.0 Å². The van der Waals surface area contributed by atoms with Crippen molar-refractivity contribution in [3.8, 4) is 5.75 Å². The minimum atomic E-state index is -0.418. The molecule has 1 fully saturated rings. The maximum Gasteiger partial charge on any atom is 0.269 e. The molecule has 2 aromatic heterocycles. The molecule has 0 spiro atoms. The van der Waals surface area contributed by atoms with Gasteiger partial charge in [-0.2, -0.15) is 5.10 Å². The van der Waals surface area contributed by atoms with Gasteiger partial charge in [0.15, 0.2) is 5.82 Å². The number of fused-ring (bicyclic) bond motifs is 3. The number of ether oxygens (including phenoxy) is 1. The van der Waals surface area contributed by atoms with E-state index in [1.54, 1.807) is 18.3 Å². The van der Waals surface area contributed by atoms with Crippen LogP contribution in [-0.4, -0.2) is 44.4 Å². The van der Waals surface area contributed by atoms with Crippen molar-refractivity contribution in [2.24, 2.45) is 7.05 Å². The zero-order chi connectivity index (χ0) is 21.4. The van der Waals surface area contributed by atoms with E-state index in [9.17, 15) is 10.1 Å². The minimum Gasteiger partial charge on any atom is -0.478 e. The highest BCUT2D eigenvalue weighted by atomic mass is 35.5. The van der Waals surface area contributed by atoms with Crippen molar-refractivity contribution >= 4 is 51.4 Å². The van der Waals surface area contributed by atoms with Crippen molar-refractivity contribution in [2.45, 2.75) is 12.8 Å². The normalized spacial score (nSPS) is 13.9. The molecule has 0 aliphatic carbocycles. The summed E-state index contributed by atoms with van der Waals surface area (Å²) in [4.78, 5) is 12.8. The van der Waals surface area contributed by atoms with Crippen LogP contribution in [0.4, 0.5) is 17.2 Å². The first-order valence-corrected chi connectivity index (χ1v) is 10.2. The van der Waals surface area contributed by atoms with E-state index >= 15 is 0 Å². The van der Waals surface area contributed by atoms with Crippen LogP contribution in [0.15, 0.2) is 48.7 Å². The van der Waals surface area contributed by atoms with Gasteiger partial charge in [-0.1, -0.05) is 0 Å². The molecule has 3 heterocycles. The lowest BCUT2D eigenvalue weighted by Gasteiger charge is -2.15. The highest BCUT2D eigenvalue weighted by molar-refractivity contribution is 6.13. The van der Waals surface area contributed by atoms with Gasteiger partial charge in [-0.05, 0) is 43.2 Å². The fraction of sp³-hybridized carbons (Fsp3) is 0.273. The largest absolute Gasteiger partial charge is 0.478 e. The van der Waals surface area contributed by atoms with Gasteiger partial charge in [0.25, 0.3) is 5.69 Å². The number of anilines is 2. The van der Waals surface area contributed by atoms with Gasteiger partial charge in [-0.15, -0.1) is 17.5 Å². The Bertz CT molecular complexity index is 1270. The number of aryl methyl sites for hydroxylation is 1. The van der Waals surface area contributed by atoms with Crippen LogP contribution in [0.2, 0.25) is 0 Å². The molecule has 2 aromatic carbocycles. The van der Waals surface area contributed by atoms with Crippen LogP contribution < -0.4 is 10.1 Å². The van der Waals surface area contributed by atoms with Gasteiger partial charge >= 0.3 is 0 Å². The van der Waals surface area contributed by atoms with Crippen LogP contribution in [0.25, 0.3) is 21.8 Å². The average molecular weight is 455 g/mol. The van der Waals surface area contributed by atoms with Crippen LogP contribution in [0, 0.1) is 10.1 Å². The van der Waals surface area contributed by atoms with Gasteiger partial charge in [0, 0.05) is 48.9 Å². The maximum absolute atomic E-state index is 10.9. The summed E-state index contributed by atoms with van der Waals surface area (Å²) in [5, 5.41) is 24.6. The fourth-order valence-corrected chi connectivity index (χ4v) is 4.09. The van der Waals surface area contributed by atoms with Gasteiger partial charge in [0.1, 0.15) is 12.5 Å². The summed E-state index contributed by atoms with van der Waals surface area (Å²) < 4.78 is 8.12. The lowest BCUT2D eigenvalue weighted by atomic mass is 10.2. The first-order chi connectivity index (χ1) is 15.1. The van der Waals surface area contributed by atoms with Crippen molar-refractivity contribution in [2.75, 3.05) is 25.1 Å². The van der Waals surface area contributed by atoms with Crippen molar-refractivity contribution in [3.05, 3.63) is 58.8 Å². The smallest absolute Gasteiger partial charge is 0.269 e. The highest BCUT2D eigenvalue weighted by Crippen LogP contribution is 2.35. The fourth-order valence-electron chi connectivity index (χ4n) is 4.09. The molecule has 5 rings (SSSR count). The number of nitro groups is 1. The standard InChI is InChI=1S/C22H22N6O3.ClH/c1-26-19-9-8-17(31-14-27-10-2-3-11-27)12-18(19)21-20(26)13-23-25-22(21)24-15-4-6-16(7-5-15)28(29)30;/h4-9,12-13H,2-3,10-11,14H2,1H3,(H,24,25);1H. The summed E-state index contributed by atoms with van der Waals surface area (Å²) in [6.07, 6.45) is 4.19. The molecule has 9 nitrogen and oxygen atoms in total. The Hall–Kier alpha value is -3.43. The number of hydrogen-bond donors (Lipinski definition) is 1. The lowest BCUT2D eigenvalue weighted by Crippen LogP contribution is -2.24. The SMILES string of the molecule is Cl.Cn1c2ccc(OCN3CCCC3)cc2c2c(Nc3ccc([N+](=O)[O-])cc3)nncc21. The van der Waals surface area contributed by atoms with Gasteiger partial charge < -0.3 is 14.6 Å². The zero-order valence-corrected chi connectivity index (χ0v) is 18.3. The molecule has 1 N–H and O–H groups in total. The molecule has 32 heavy (non-hydrogen) atoms. The van der Waals surface area contributed by atoms with E-state index in [1.807, 2.05) is 25.2 Å². The molecule has 166 valence electrons. The molecule has 0 amide bonds. The molecule has 1 saturated heterocycles. The van der Waals surface area contributed by atoms with Crippen LogP contribution >= 0.6 is 12.4 Å². The van der Waals surface area contributed by atoms with E-state index in [-0.39, 0.29) is 18.1 Å². The zero-order valence-electron chi connectivity index (χ0n) is 17.5. The molecule has 10 heteroatoms. The third-order valence-electron chi connectivity index (χ3n) is 5.74. The Kier molecular flexibility index (Phi) is 6.11. The van der Waals surface area contributed by atoms with Gasteiger partial charge in [-0.3, -0.25) is 15.0 Å². The number of aromatic nitrogens is 3. The van der Waals surface area contributed by atoms with Crippen molar-refractivity contribution in [1.82, 2.24) is 19.7 Å². The number of non-ortho nitro benzene ring substituents is 1. The molecule has 0 bridgehead atoms. The van der Waals surface area contributed by atoms with Crippen LogP contribution in [-0.2, 0) is 7.05 Å². The van der Waals surface area contributed by atoms with E-state index < -0.39 is 4.92 Å². The Balaban J connectivity index is 0.00000245. The third kappa shape index (κ3) is 4.04. The minimum absolute atomic E-state index is 0. The predicted octanol–water partition coefficient (Wildman–Crippen LogP) is 4.63. The Labute approximate surface area is 190 Å². The molecule has 1 aliphatic heterocycles. The molecule has 4 aromatic rings. The topological polar surface area (TPSA) is 98.3 Å². The summed E-state index contributed by atoms with van der Waals surface area (Å²) in [5.74, 6) is 1.40. The van der Waals surface area contributed by atoms with E-state index in [4.69, 9.17) is 4.74 Å². The van der Waals surface area contributed by atoms with E-state index in [0.717, 1.165) is 40.6 Å². The lowest BCUT2D eigenvalue weighted by molar-refractivity contribution is -0.384. The molecule has 0 saturated carbocycles. The van der Waals surface area contributed by atoms with Gasteiger partial charge in [0.05, 0.1) is 22.0 Å². The Morgan fingerprint density at radius 1 is 1.12 bits per heavy atom. The predicted molar refractivity (Wildman–Crippen MR) is 126 cm³/mol. The number of benzene rings is 2. The number of halogens is 1. The number of hydrogen-bond acceptors (Lipinski definition) is 7. The first-order valence-electron chi connectivity index (χ1n) is 10.2.